The average Bonchev–Trinajstić information content (AvgIpc) is 3.24. The van der Waals surface area contributed by atoms with Crippen LogP contribution in [0.15, 0.2) is 84.9 Å². The molecular formula is C28H24FN5O. The van der Waals surface area contributed by atoms with E-state index < -0.39 is 11.8 Å². The molecule has 0 aliphatic carbocycles. The maximum atomic E-state index is 14.4. The van der Waals surface area contributed by atoms with Crippen molar-refractivity contribution >= 4 is 39.8 Å². The Kier molecular flexibility index (Phi) is 5.66. The molecule has 0 radical (unpaired) electrons. The molecule has 0 bridgehead atoms. The fourth-order valence-electron chi connectivity index (χ4n) is 4.21. The summed E-state index contributed by atoms with van der Waals surface area (Å²) in [7, 11) is 0. The number of halogens is 1. The van der Waals surface area contributed by atoms with Gasteiger partial charge in [-0.3, -0.25) is 10.00 Å². The first-order valence-electron chi connectivity index (χ1n) is 11.2. The fourth-order valence-corrected chi connectivity index (χ4v) is 4.21. The first-order chi connectivity index (χ1) is 16.9. The summed E-state index contributed by atoms with van der Waals surface area (Å²) in [5.74, 6) is -0.0596. The molecule has 5 aromatic rings. The van der Waals surface area contributed by atoms with Gasteiger partial charge in [0.05, 0.1) is 28.0 Å². The molecule has 0 unspecified atom stereocenters. The molecule has 1 heterocycles. The number of nitrogens with one attached hydrogen (secondary N) is 2. The predicted octanol–water partition coefficient (Wildman–Crippen LogP) is 6.94. The van der Waals surface area contributed by atoms with Gasteiger partial charge >= 0.3 is 6.03 Å². The number of H-pyrrole nitrogens is 1. The van der Waals surface area contributed by atoms with E-state index in [-0.39, 0.29) is 5.69 Å². The van der Waals surface area contributed by atoms with Crippen molar-refractivity contribution in [2.24, 2.45) is 0 Å². The molecule has 174 valence electrons. The highest BCUT2D eigenvalue weighted by atomic mass is 19.1. The number of hydrogen-bond acceptors (Lipinski definition) is 3. The van der Waals surface area contributed by atoms with Crippen LogP contribution in [0, 0.1) is 19.7 Å². The molecule has 5 rings (SSSR count). The van der Waals surface area contributed by atoms with Gasteiger partial charge in [0.1, 0.15) is 5.82 Å². The SMILES string of the molecule is Cc1ccc(F)c(NC(=O)N(c2ccc(-c3cccc4[nH]nc(N)c34)cc2)c2ccccc2C)c1. The molecule has 0 aliphatic rings. The van der Waals surface area contributed by atoms with E-state index in [9.17, 15) is 9.18 Å². The van der Waals surface area contributed by atoms with Crippen molar-refractivity contribution < 1.29 is 9.18 Å². The quantitative estimate of drug-likeness (QED) is 0.269. The van der Waals surface area contributed by atoms with Crippen molar-refractivity contribution in [3.05, 3.63) is 102 Å². The summed E-state index contributed by atoms with van der Waals surface area (Å²) in [4.78, 5) is 15.0. The second-order valence-electron chi connectivity index (χ2n) is 8.42. The summed E-state index contributed by atoms with van der Waals surface area (Å²) in [6, 6.07) is 25.2. The number of fused-ring (bicyclic) bond motifs is 1. The highest BCUT2D eigenvalue weighted by molar-refractivity contribution is 6.08. The Morgan fingerprint density at radius 1 is 0.971 bits per heavy atom. The number of anilines is 4. The number of para-hydroxylation sites is 1. The highest BCUT2D eigenvalue weighted by Gasteiger charge is 2.21. The van der Waals surface area contributed by atoms with Crippen LogP contribution < -0.4 is 16.0 Å². The van der Waals surface area contributed by atoms with Crippen LogP contribution in [0.2, 0.25) is 0 Å². The zero-order chi connectivity index (χ0) is 24.5. The Morgan fingerprint density at radius 2 is 1.74 bits per heavy atom. The lowest BCUT2D eigenvalue weighted by atomic mass is 10.0. The number of nitrogens with zero attached hydrogens (tertiary/aromatic N) is 2. The molecule has 0 fully saturated rings. The van der Waals surface area contributed by atoms with Crippen LogP contribution in [-0.4, -0.2) is 16.2 Å². The third-order valence-corrected chi connectivity index (χ3v) is 5.98. The number of hydrogen-bond donors (Lipinski definition) is 3. The van der Waals surface area contributed by atoms with Gasteiger partial charge in [0.15, 0.2) is 5.82 Å². The van der Waals surface area contributed by atoms with E-state index >= 15 is 0 Å². The van der Waals surface area contributed by atoms with Gasteiger partial charge in [-0.25, -0.2) is 9.18 Å². The number of aryl methyl sites for hydroxylation is 2. The lowest BCUT2D eigenvalue weighted by molar-refractivity contribution is 0.259. The average molecular weight is 466 g/mol. The summed E-state index contributed by atoms with van der Waals surface area (Å²) in [6.07, 6.45) is 0. The van der Waals surface area contributed by atoms with Gasteiger partial charge in [0, 0.05) is 0 Å². The van der Waals surface area contributed by atoms with Crippen LogP contribution in [0.1, 0.15) is 11.1 Å². The molecule has 0 saturated carbocycles. The molecule has 0 spiro atoms. The lowest BCUT2D eigenvalue weighted by Crippen LogP contribution is -2.31. The van der Waals surface area contributed by atoms with Gasteiger partial charge in [0.2, 0.25) is 0 Å². The molecule has 2 amide bonds. The third-order valence-electron chi connectivity index (χ3n) is 5.98. The Morgan fingerprint density at radius 3 is 2.51 bits per heavy atom. The van der Waals surface area contributed by atoms with E-state index in [0.29, 0.717) is 17.2 Å². The summed E-state index contributed by atoms with van der Waals surface area (Å²) in [6.45, 7) is 3.78. The third kappa shape index (κ3) is 4.19. The number of nitrogens with two attached hydrogens (primary N) is 1. The molecule has 35 heavy (non-hydrogen) atoms. The maximum Gasteiger partial charge on any atom is 0.331 e. The molecule has 4 aromatic carbocycles. The van der Waals surface area contributed by atoms with Crippen molar-refractivity contribution in [2.45, 2.75) is 13.8 Å². The number of amides is 2. The lowest BCUT2D eigenvalue weighted by Gasteiger charge is -2.25. The molecule has 6 nitrogen and oxygen atoms in total. The Hall–Kier alpha value is -4.65. The van der Waals surface area contributed by atoms with E-state index in [1.807, 2.05) is 80.6 Å². The van der Waals surface area contributed by atoms with Gasteiger partial charge in [-0.2, -0.15) is 5.10 Å². The number of carbonyl (C=O) groups excluding carboxylic acids is 1. The molecule has 1 aromatic heterocycles. The van der Waals surface area contributed by atoms with Crippen molar-refractivity contribution in [3.8, 4) is 11.1 Å². The van der Waals surface area contributed by atoms with Gasteiger partial charge in [0.25, 0.3) is 0 Å². The molecule has 0 saturated heterocycles. The van der Waals surface area contributed by atoms with Gasteiger partial charge in [-0.05, 0) is 72.5 Å². The monoisotopic (exact) mass is 465 g/mol. The van der Waals surface area contributed by atoms with Crippen LogP contribution in [0.3, 0.4) is 0 Å². The van der Waals surface area contributed by atoms with Gasteiger partial charge in [-0.1, -0.05) is 48.5 Å². The number of rotatable bonds is 4. The van der Waals surface area contributed by atoms with Crippen LogP contribution >= 0.6 is 0 Å². The van der Waals surface area contributed by atoms with Crippen LogP contribution in [0.4, 0.5) is 32.1 Å². The number of carbonyl (C=O) groups is 1. The fraction of sp³-hybridized carbons (Fsp3) is 0.0714. The van der Waals surface area contributed by atoms with Crippen molar-refractivity contribution in [3.63, 3.8) is 0 Å². The zero-order valence-corrected chi connectivity index (χ0v) is 19.3. The van der Waals surface area contributed by atoms with Crippen LogP contribution in [0.5, 0.6) is 0 Å². The molecule has 0 aliphatic heterocycles. The normalized spacial score (nSPS) is 10.9. The molecular weight excluding hydrogens is 441 g/mol. The predicted molar refractivity (Wildman–Crippen MR) is 139 cm³/mol. The number of benzene rings is 4. The van der Waals surface area contributed by atoms with Crippen LogP contribution in [0.25, 0.3) is 22.0 Å². The minimum absolute atomic E-state index is 0.132. The van der Waals surface area contributed by atoms with Crippen LogP contribution in [-0.2, 0) is 0 Å². The largest absolute Gasteiger partial charge is 0.382 e. The van der Waals surface area contributed by atoms with E-state index in [0.717, 1.165) is 33.2 Å². The minimum atomic E-state index is -0.491. The summed E-state index contributed by atoms with van der Waals surface area (Å²) in [5.41, 5.74) is 12.0. The first-order valence-corrected chi connectivity index (χ1v) is 11.2. The van der Waals surface area contributed by atoms with E-state index in [1.165, 1.54) is 6.07 Å². The zero-order valence-electron chi connectivity index (χ0n) is 19.3. The second kappa shape index (κ2) is 8.95. The number of nitrogen functional groups attached to an aromatic ring is 1. The van der Waals surface area contributed by atoms with Crippen molar-refractivity contribution in [1.29, 1.82) is 0 Å². The summed E-state index contributed by atoms with van der Waals surface area (Å²) >= 11 is 0. The smallest absolute Gasteiger partial charge is 0.331 e. The molecule has 4 N–H and O–H groups in total. The Labute approximate surface area is 202 Å². The maximum absolute atomic E-state index is 14.4. The number of aromatic nitrogens is 2. The van der Waals surface area contributed by atoms with E-state index in [1.54, 1.807) is 17.0 Å². The summed E-state index contributed by atoms with van der Waals surface area (Å²) < 4.78 is 14.4. The first kappa shape index (κ1) is 22.2. The standard InChI is InChI=1S/C28H24FN5O/c1-17-10-15-22(29)24(16-17)31-28(35)34(25-9-4-3-6-18(25)2)20-13-11-19(12-14-20)21-7-5-8-23-26(21)27(30)33-32-23/h3-16H,1-2H3,(H,31,35)(H3,30,32,33). The van der Waals surface area contributed by atoms with Crippen molar-refractivity contribution in [1.82, 2.24) is 10.2 Å². The molecule has 0 atom stereocenters. The number of urea groups is 1. The Bertz CT molecular complexity index is 1540. The number of aromatic amines is 1. The topological polar surface area (TPSA) is 87.0 Å². The van der Waals surface area contributed by atoms with Gasteiger partial charge in [-0.15, -0.1) is 0 Å². The minimum Gasteiger partial charge on any atom is -0.382 e. The van der Waals surface area contributed by atoms with E-state index in [2.05, 4.69) is 15.5 Å². The van der Waals surface area contributed by atoms with Gasteiger partial charge < -0.3 is 11.1 Å². The van der Waals surface area contributed by atoms with Crippen molar-refractivity contribution in [2.75, 3.05) is 16.0 Å². The summed E-state index contributed by atoms with van der Waals surface area (Å²) in [5, 5.41) is 10.6. The Balaban J connectivity index is 1.55. The highest BCUT2D eigenvalue weighted by Crippen LogP contribution is 2.35. The molecule has 7 heteroatoms. The second-order valence-corrected chi connectivity index (χ2v) is 8.42. The van der Waals surface area contributed by atoms with E-state index in [4.69, 9.17) is 5.73 Å².